The van der Waals surface area contributed by atoms with Crippen molar-refractivity contribution in [3.8, 4) is 6.08 Å². The Hall–Kier alpha value is -5.97. The van der Waals surface area contributed by atoms with Crippen molar-refractivity contribution < 1.29 is 64.3 Å². The fourth-order valence-corrected chi connectivity index (χ4v) is 15.7. The zero-order chi connectivity index (χ0) is 60.6. The lowest BCUT2D eigenvalue weighted by Crippen LogP contribution is -2.46. The van der Waals surface area contributed by atoms with Gasteiger partial charge in [0.1, 0.15) is 17.1 Å². The maximum absolute atomic E-state index is 14.0. The molecule has 2 saturated heterocycles. The van der Waals surface area contributed by atoms with Crippen LogP contribution in [0, 0.1) is 48.3 Å². The second-order valence-electron chi connectivity index (χ2n) is 25.2. The van der Waals surface area contributed by atoms with Gasteiger partial charge in [0.15, 0.2) is 22.7 Å². The van der Waals surface area contributed by atoms with E-state index in [1.165, 1.54) is 4.90 Å². The first-order valence-electron chi connectivity index (χ1n) is 30.3. The van der Waals surface area contributed by atoms with Crippen molar-refractivity contribution in [2.24, 2.45) is 34.5 Å². The van der Waals surface area contributed by atoms with E-state index in [0.717, 1.165) is 86.4 Å². The van der Waals surface area contributed by atoms with Crippen LogP contribution in [0.4, 0.5) is 0 Å². The van der Waals surface area contributed by atoms with Crippen LogP contribution in [-0.2, 0) is 48.8 Å². The van der Waals surface area contributed by atoms with E-state index in [4.69, 9.17) is 25.2 Å². The molecule has 2 aromatic carbocycles. The monoisotopic (exact) mass is 1230 g/mol. The Bertz CT molecular complexity index is 3500. The number of benzene rings is 2. The Morgan fingerprint density at radius 2 is 1.12 bits per heavy atom. The van der Waals surface area contributed by atoms with Crippen LogP contribution in [0.1, 0.15) is 153 Å². The highest BCUT2D eigenvalue weighted by molar-refractivity contribution is 7.91. The highest BCUT2D eigenvalue weighted by atomic mass is 35.5. The van der Waals surface area contributed by atoms with Crippen molar-refractivity contribution in [2.45, 2.75) is 191 Å². The topological polar surface area (TPSA) is 283 Å². The molecule has 12 rings (SSSR count). The molecule has 10 atom stereocenters. The number of hydrogen-bond acceptors (Lipinski definition) is 16. The van der Waals surface area contributed by atoms with Crippen LogP contribution in [0.3, 0.4) is 0 Å². The summed E-state index contributed by atoms with van der Waals surface area (Å²) in [4.78, 5) is 92.2. The van der Waals surface area contributed by atoms with Gasteiger partial charge in [0.25, 0.3) is 5.35 Å². The summed E-state index contributed by atoms with van der Waals surface area (Å²) >= 11 is 5.58. The highest BCUT2D eigenvalue weighted by Gasteiger charge is 2.63. The number of nitrogens with one attached hydrogen (secondary N) is 2. The summed E-state index contributed by atoms with van der Waals surface area (Å²) in [6, 6.07) is 9.81. The molecule has 85 heavy (non-hydrogen) atoms. The predicted octanol–water partition coefficient (Wildman–Crippen LogP) is 8.68. The number of nitrogens with zero attached hydrogens (tertiary/aromatic N) is 4. The lowest BCUT2D eigenvalue weighted by atomic mass is 9.91. The standard InChI is InChI=1S/C31H39N3O7S.C23H34N2O6S.C8H6ClNO/c1-19-10-8-12-26-27(19)32-30(41-26)40-22-15-24-25(35)17-31(29(37)33-42(38,39)23-13-14-23)16-21(31)11-7-5-3-4-6-9-20(2)28(36)34(24)18-22;1-15-7-5-3-2-4-6-8-16-12-23(16,22(29)24-32(30,31)18-9-10-18)13-20(27)19-11-17(26)14-25(19)21(15)28;1-5-3-2-4-6-7(5)10-8(9)11-6/h7-8,10-12,20-24H,3-6,9,13-18H2,1-2H3,(H,33,37);6,8,15-19,26H,2-5,7,9-14H2,1H3,(H,24,29);2-4H,1H3/b11-7-;8-6-;/t20-,21+,22+,24-,31+;15-,16+,17+,19-,23+;/m00./s1. The molecular weight excluding hydrogens is 1150 g/mol. The number of ether oxygens (including phenoxy) is 1. The Balaban J connectivity index is 0.000000164. The number of aryl methyl sites for hydroxylation is 2. The first-order chi connectivity index (χ1) is 40.5. The zero-order valence-electron chi connectivity index (χ0n) is 48.8. The van der Waals surface area contributed by atoms with Gasteiger partial charge in [0.05, 0.1) is 46.1 Å². The minimum Gasteiger partial charge on any atom is -0.445 e. The van der Waals surface area contributed by atoms with Crippen molar-refractivity contribution in [3.05, 3.63) is 77.2 Å². The molecule has 6 fully saturated rings. The number of oxazole rings is 2. The summed E-state index contributed by atoms with van der Waals surface area (Å²) in [5.74, 6) is -2.89. The lowest BCUT2D eigenvalue weighted by molar-refractivity contribution is -0.142. The summed E-state index contributed by atoms with van der Waals surface area (Å²) in [5.41, 5.74) is 2.69. The summed E-state index contributed by atoms with van der Waals surface area (Å²) < 4.78 is 71.5. The molecule has 4 aliphatic heterocycles. The normalized spacial score (nSPS) is 31.1. The average molecular weight is 1230 g/mol. The molecular formula is C62H79ClN6O14S2. The molecule has 3 N–H and O–H groups in total. The number of carbonyl (C=O) groups excluding carboxylic acids is 6. The number of halogens is 1. The number of hydrogen-bond donors (Lipinski definition) is 3. The molecule has 4 aromatic rings. The van der Waals surface area contributed by atoms with E-state index >= 15 is 0 Å². The maximum Gasteiger partial charge on any atom is 0.395 e. The summed E-state index contributed by atoms with van der Waals surface area (Å²) in [5, 5.41) is 9.34. The first kappa shape index (κ1) is 62.1. The highest BCUT2D eigenvalue weighted by Crippen LogP contribution is 2.58. The van der Waals surface area contributed by atoms with Crippen LogP contribution >= 0.6 is 11.6 Å². The summed E-state index contributed by atoms with van der Waals surface area (Å²) in [7, 11) is -7.47. The molecule has 0 bridgehead atoms. The maximum atomic E-state index is 14.0. The summed E-state index contributed by atoms with van der Waals surface area (Å²) in [6.45, 7) is 7.99. The molecule has 6 heterocycles. The van der Waals surface area contributed by atoms with Gasteiger partial charge < -0.3 is 28.5 Å². The van der Waals surface area contributed by atoms with E-state index in [9.17, 15) is 50.7 Å². The number of para-hydroxylation sites is 2. The van der Waals surface area contributed by atoms with E-state index in [0.29, 0.717) is 49.6 Å². The number of sulfonamides is 2. The van der Waals surface area contributed by atoms with Crippen molar-refractivity contribution in [1.29, 1.82) is 0 Å². The average Bonchev–Trinajstić information content (AvgIpc) is 1.64. The van der Waals surface area contributed by atoms with Gasteiger partial charge in [0.2, 0.25) is 43.7 Å². The smallest absolute Gasteiger partial charge is 0.395 e. The van der Waals surface area contributed by atoms with Crippen LogP contribution in [0.5, 0.6) is 6.08 Å². The Labute approximate surface area is 501 Å². The van der Waals surface area contributed by atoms with Gasteiger partial charge in [0, 0.05) is 44.1 Å². The number of aliphatic hydroxyl groups excluding tert-OH is 1. The molecule has 2 aromatic heterocycles. The van der Waals surface area contributed by atoms with Gasteiger partial charge in [-0.05, 0) is 138 Å². The molecule has 4 saturated carbocycles. The van der Waals surface area contributed by atoms with E-state index in [2.05, 4.69) is 19.4 Å². The van der Waals surface area contributed by atoms with Crippen LogP contribution in [0.15, 0.2) is 69.5 Å². The van der Waals surface area contributed by atoms with Gasteiger partial charge in [-0.1, -0.05) is 88.1 Å². The van der Waals surface area contributed by atoms with Crippen LogP contribution in [-0.4, -0.2) is 125 Å². The molecule has 0 radical (unpaired) electrons. The van der Waals surface area contributed by atoms with Gasteiger partial charge in [-0.2, -0.15) is 9.97 Å². The Morgan fingerprint density at radius 1 is 0.647 bits per heavy atom. The van der Waals surface area contributed by atoms with Crippen LogP contribution in [0.25, 0.3) is 22.2 Å². The minimum absolute atomic E-state index is 0.0912. The second-order valence-corrected chi connectivity index (χ2v) is 29.4. The molecule has 4 aliphatic carbocycles. The number of aliphatic hydroxyl groups is 1. The van der Waals surface area contributed by atoms with E-state index in [1.54, 1.807) is 4.90 Å². The number of Topliss-reactive ketones (excluding diaryl/α,β-unsaturated/α-hetero) is 2. The number of rotatable bonds is 8. The molecule has 8 aliphatic rings. The third-order valence-corrected chi connectivity index (χ3v) is 22.3. The molecule has 23 heteroatoms. The second kappa shape index (κ2) is 25.4. The minimum atomic E-state index is -3.76. The van der Waals surface area contributed by atoms with Gasteiger partial charge in [-0.3, -0.25) is 38.2 Å². The van der Waals surface area contributed by atoms with Crippen LogP contribution < -0.4 is 14.2 Å². The van der Waals surface area contributed by atoms with Gasteiger partial charge >= 0.3 is 6.08 Å². The number of aromatic nitrogens is 2. The molecule has 0 unspecified atom stereocenters. The van der Waals surface area contributed by atoms with Gasteiger partial charge in [-0.25, -0.2) is 16.8 Å². The quantitative estimate of drug-likeness (QED) is 0.139. The van der Waals surface area contributed by atoms with Crippen molar-refractivity contribution in [3.63, 3.8) is 0 Å². The third kappa shape index (κ3) is 14.2. The molecule has 0 spiro atoms. The van der Waals surface area contributed by atoms with Crippen molar-refractivity contribution in [1.82, 2.24) is 29.2 Å². The largest absolute Gasteiger partial charge is 0.445 e. The van der Waals surface area contributed by atoms with E-state index in [1.807, 2.05) is 88.4 Å². The molecule has 4 amide bonds. The number of amides is 4. The first-order valence-corrected chi connectivity index (χ1v) is 33.8. The van der Waals surface area contributed by atoms with Crippen LogP contribution in [0.2, 0.25) is 5.35 Å². The van der Waals surface area contributed by atoms with E-state index in [-0.39, 0.29) is 97.3 Å². The molecule has 460 valence electrons. The number of ketones is 2. The van der Waals surface area contributed by atoms with E-state index < -0.39 is 77.5 Å². The Morgan fingerprint density at radius 3 is 1.60 bits per heavy atom. The number of carbonyl (C=O) groups is 6. The zero-order valence-corrected chi connectivity index (χ0v) is 51.2. The number of fused-ring (bicyclic) bond motifs is 6. The van der Waals surface area contributed by atoms with Gasteiger partial charge in [-0.15, -0.1) is 0 Å². The number of allylic oxidation sites excluding steroid dienone is 4. The fourth-order valence-electron chi connectivity index (χ4n) is 12.7. The SMILES string of the molecule is C[C@H]1CCCCC/C=C\[C@@H]2C[C@@]2(C(=O)NS(=O)(=O)C2CC2)CC(=O)[C@@H]2C[C@@H](O)CN2C1=O.Cc1cccc2oc(Cl)nc12.Cc1cccc2oc(O[C@@H]3C[C@H]4C(=O)C[C@]5(C(=O)NS(=O)(=O)C6CC6)C[C@H]5/C=C\CCCCC[C@H](C)C(=O)N4C3)nc12. The van der Waals surface area contributed by atoms with Crippen molar-refractivity contribution >= 4 is 89.0 Å². The molecule has 20 nitrogen and oxygen atoms in total. The fraction of sp³-hybridized carbons (Fsp3) is 0.613. The predicted molar refractivity (Wildman–Crippen MR) is 316 cm³/mol. The Kier molecular flexibility index (Phi) is 18.6. The summed E-state index contributed by atoms with van der Waals surface area (Å²) in [6.07, 6.45) is 18.8. The lowest BCUT2D eigenvalue weighted by Gasteiger charge is -2.27. The third-order valence-electron chi connectivity index (χ3n) is 18.5. The van der Waals surface area contributed by atoms with Crippen molar-refractivity contribution in [2.75, 3.05) is 13.1 Å².